The number of rotatable bonds is 6. The lowest BCUT2D eigenvalue weighted by molar-refractivity contribution is -0.142. The molecule has 1 amide bonds. The molecule has 1 aliphatic heterocycles. The van der Waals surface area contributed by atoms with Crippen molar-refractivity contribution in [3.63, 3.8) is 0 Å². The number of nitrogens with one attached hydrogen (secondary N) is 1. The highest BCUT2D eigenvalue weighted by molar-refractivity contribution is 6.05. The van der Waals surface area contributed by atoms with Crippen LogP contribution in [-0.2, 0) is 29.4 Å². The number of Topliss-reactive ketones (excluding diaryl/α,β-unsaturated/α-hetero) is 1. The minimum atomic E-state index is -1.67. The number of benzene rings is 1. The minimum absolute atomic E-state index is 0.105. The molecule has 9 heteroatoms. The Labute approximate surface area is 156 Å². The van der Waals surface area contributed by atoms with Crippen molar-refractivity contribution in [1.29, 1.82) is 0 Å². The number of hydrogen-bond acceptors (Lipinski definition) is 8. The molecule has 1 atom stereocenters. The Kier molecular flexibility index (Phi) is 5.94. The predicted molar refractivity (Wildman–Crippen MR) is 91.9 cm³/mol. The van der Waals surface area contributed by atoms with E-state index in [1.165, 1.54) is 21.1 Å². The number of hydrogen-bond donors (Lipinski definition) is 1. The molecule has 1 aromatic rings. The van der Waals surface area contributed by atoms with E-state index in [-0.39, 0.29) is 18.1 Å². The van der Waals surface area contributed by atoms with Gasteiger partial charge >= 0.3 is 12.1 Å². The highest BCUT2D eigenvalue weighted by Gasteiger charge is 2.52. The summed E-state index contributed by atoms with van der Waals surface area (Å²) in [6.07, 6.45) is -0.860. The highest BCUT2D eigenvalue weighted by Crippen LogP contribution is 2.46. The van der Waals surface area contributed by atoms with Crippen LogP contribution in [0.1, 0.15) is 26.3 Å². The summed E-state index contributed by atoms with van der Waals surface area (Å²) in [7, 11) is 2.86. The van der Waals surface area contributed by atoms with E-state index >= 15 is 0 Å². The zero-order valence-corrected chi connectivity index (χ0v) is 15.7. The number of ketones is 1. The minimum Gasteiger partial charge on any atom is -0.496 e. The fraction of sp³-hybridized carbons (Fsp3) is 0.389. The third-order valence-corrected chi connectivity index (χ3v) is 3.79. The van der Waals surface area contributed by atoms with Gasteiger partial charge in [0.1, 0.15) is 11.5 Å². The molecular weight excluding hydrogens is 358 g/mol. The van der Waals surface area contributed by atoms with Crippen LogP contribution in [0.4, 0.5) is 4.79 Å². The zero-order valence-electron chi connectivity index (χ0n) is 15.7. The van der Waals surface area contributed by atoms with Crippen molar-refractivity contribution >= 4 is 17.8 Å². The summed E-state index contributed by atoms with van der Waals surface area (Å²) in [5.41, 5.74) is -1.39. The van der Waals surface area contributed by atoms with E-state index < -0.39 is 29.2 Å². The van der Waals surface area contributed by atoms with E-state index in [9.17, 15) is 14.4 Å². The summed E-state index contributed by atoms with van der Waals surface area (Å²) in [6.45, 7) is 4.31. The van der Waals surface area contributed by atoms with E-state index in [2.05, 4.69) is 5.32 Å². The molecule has 0 bridgehead atoms. The van der Waals surface area contributed by atoms with E-state index in [1.54, 1.807) is 25.1 Å². The third kappa shape index (κ3) is 3.81. The van der Waals surface area contributed by atoms with Crippen LogP contribution in [0.5, 0.6) is 11.5 Å². The third-order valence-electron chi connectivity index (χ3n) is 3.79. The first-order valence-electron chi connectivity index (χ1n) is 8.10. The number of methoxy groups -OCH3 is 2. The van der Waals surface area contributed by atoms with E-state index in [0.717, 1.165) is 6.92 Å². The van der Waals surface area contributed by atoms with Gasteiger partial charge in [-0.05, 0) is 26.0 Å². The van der Waals surface area contributed by atoms with Gasteiger partial charge in [0.15, 0.2) is 0 Å². The molecule has 9 nitrogen and oxygen atoms in total. The van der Waals surface area contributed by atoms with Crippen molar-refractivity contribution in [2.75, 3.05) is 20.8 Å². The molecule has 27 heavy (non-hydrogen) atoms. The SMILES string of the molecule is CCOC(=O)NC1=C(OC(C)=O)C(=O)C(C)(c2c(OC)cccc2OC)O1. The summed E-state index contributed by atoms with van der Waals surface area (Å²) in [5.74, 6) is -1.56. The maximum absolute atomic E-state index is 13.1. The molecular formula is C18H21NO8. The van der Waals surface area contributed by atoms with Crippen molar-refractivity contribution < 1.29 is 38.1 Å². The van der Waals surface area contributed by atoms with Gasteiger partial charge in [-0.2, -0.15) is 0 Å². The predicted octanol–water partition coefficient (Wildman–Crippen LogP) is 2.00. The maximum Gasteiger partial charge on any atom is 0.414 e. The average Bonchev–Trinajstić information content (AvgIpc) is 2.85. The van der Waals surface area contributed by atoms with Crippen LogP contribution >= 0.6 is 0 Å². The first kappa shape index (κ1) is 20.1. The molecule has 1 aliphatic rings. The van der Waals surface area contributed by atoms with Crippen LogP contribution < -0.4 is 14.8 Å². The van der Waals surface area contributed by atoms with E-state index in [1.807, 2.05) is 0 Å². The van der Waals surface area contributed by atoms with Gasteiger partial charge in [-0.1, -0.05) is 6.07 Å². The van der Waals surface area contributed by atoms with Crippen molar-refractivity contribution in [1.82, 2.24) is 5.32 Å². The topological polar surface area (TPSA) is 109 Å². The quantitative estimate of drug-likeness (QED) is 0.748. The van der Waals surface area contributed by atoms with Crippen LogP contribution in [0.25, 0.3) is 0 Å². The van der Waals surface area contributed by atoms with Gasteiger partial charge in [0.25, 0.3) is 5.78 Å². The molecule has 0 saturated heterocycles. The van der Waals surface area contributed by atoms with Gasteiger partial charge in [-0.3, -0.25) is 14.9 Å². The number of amides is 1. The zero-order chi connectivity index (χ0) is 20.2. The molecule has 0 fully saturated rings. The second kappa shape index (κ2) is 7.98. The summed E-state index contributed by atoms with van der Waals surface area (Å²) in [5, 5.41) is 2.28. The first-order chi connectivity index (χ1) is 12.8. The molecule has 1 aromatic carbocycles. The summed E-state index contributed by atoms with van der Waals surface area (Å²) in [4.78, 5) is 36.3. The Hall–Kier alpha value is -3.23. The van der Waals surface area contributed by atoms with Gasteiger partial charge < -0.3 is 23.7 Å². The van der Waals surface area contributed by atoms with Crippen LogP contribution in [0.2, 0.25) is 0 Å². The molecule has 1 heterocycles. The Morgan fingerprint density at radius 3 is 2.26 bits per heavy atom. The van der Waals surface area contributed by atoms with Crippen molar-refractivity contribution in [2.45, 2.75) is 26.4 Å². The molecule has 1 unspecified atom stereocenters. The number of ether oxygens (including phenoxy) is 5. The lowest BCUT2D eigenvalue weighted by atomic mass is 9.90. The van der Waals surface area contributed by atoms with Gasteiger partial charge in [0, 0.05) is 6.92 Å². The number of alkyl carbamates (subject to hydrolysis) is 1. The normalized spacial score (nSPS) is 18.6. The van der Waals surface area contributed by atoms with Gasteiger partial charge in [-0.15, -0.1) is 0 Å². The molecule has 0 radical (unpaired) electrons. The molecule has 146 valence electrons. The number of carbonyl (C=O) groups is 3. The van der Waals surface area contributed by atoms with E-state index in [4.69, 9.17) is 23.7 Å². The Morgan fingerprint density at radius 2 is 1.78 bits per heavy atom. The fourth-order valence-corrected chi connectivity index (χ4v) is 2.68. The fourth-order valence-electron chi connectivity index (χ4n) is 2.68. The monoisotopic (exact) mass is 379 g/mol. The molecule has 2 rings (SSSR count). The van der Waals surface area contributed by atoms with E-state index in [0.29, 0.717) is 11.5 Å². The summed E-state index contributed by atoms with van der Waals surface area (Å²) in [6, 6.07) is 4.94. The van der Waals surface area contributed by atoms with Crippen LogP contribution in [0.15, 0.2) is 29.8 Å². The lowest BCUT2D eigenvalue weighted by Crippen LogP contribution is -2.33. The molecule has 0 saturated carbocycles. The van der Waals surface area contributed by atoms with Gasteiger partial charge in [-0.25, -0.2) is 4.79 Å². The number of esters is 1. The van der Waals surface area contributed by atoms with Crippen LogP contribution in [0, 0.1) is 0 Å². The average molecular weight is 379 g/mol. The second-order valence-corrected chi connectivity index (χ2v) is 5.60. The smallest absolute Gasteiger partial charge is 0.414 e. The van der Waals surface area contributed by atoms with Crippen molar-refractivity contribution in [2.24, 2.45) is 0 Å². The van der Waals surface area contributed by atoms with Crippen molar-refractivity contribution in [3.8, 4) is 11.5 Å². The lowest BCUT2D eigenvalue weighted by Gasteiger charge is -2.27. The second-order valence-electron chi connectivity index (χ2n) is 5.60. The highest BCUT2D eigenvalue weighted by atomic mass is 16.6. The largest absolute Gasteiger partial charge is 0.496 e. The van der Waals surface area contributed by atoms with Crippen LogP contribution in [0.3, 0.4) is 0 Å². The number of carbonyl (C=O) groups excluding carboxylic acids is 3. The molecule has 0 spiro atoms. The summed E-state index contributed by atoms with van der Waals surface area (Å²) >= 11 is 0. The molecule has 1 N–H and O–H groups in total. The maximum atomic E-state index is 13.1. The first-order valence-corrected chi connectivity index (χ1v) is 8.10. The Morgan fingerprint density at radius 1 is 1.19 bits per heavy atom. The molecule has 0 aliphatic carbocycles. The Balaban J connectivity index is 2.54. The Bertz CT molecular complexity index is 778. The standard InChI is InChI=1S/C18H21NO8/c1-6-25-17(22)19-16-14(26-10(2)20)15(21)18(3,27-16)13-11(23-4)8-7-9-12(13)24-5/h7-9H,6H2,1-5H3,(H,19,22). The van der Waals surface area contributed by atoms with Gasteiger partial charge in [0.2, 0.25) is 17.2 Å². The van der Waals surface area contributed by atoms with Crippen LogP contribution in [-0.4, -0.2) is 38.7 Å². The van der Waals surface area contributed by atoms with Crippen molar-refractivity contribution in [3.05, 3.63) is 35.4 Å². The molecule has 0 aromatic heterocycles. The van der Waals surface area contributed by atoms with Gasteiger partial charge in [0.05, 0.1) is 26.4 Å². The summed E-state index contributed by atoms with van der Waals surface area (Å²) < 4.78 is 26.2.